The third-order valence-corrected chi connectivity index (χ3v) is 4.14. The summed E-state index contributed by atoms with van der Waals surface area (Å²) in [5, 5.41) is 8.77. The molecule has 1 N–H and O–H groups in total. The van der Waals surface area contributed by atoms with Gasteiger partial charge in [-0.25, -0.2) is 4.79 Å². The van der Waals surface area contributed by atoms with Crippen LogP contribution in [-0.2, 0) is 4.79 Å². The monoisotopic (exact) mass is 283 g/mol. The predicted molar refractivity (Wildman–Crippen MR) is 75.6 cm³/mol. The van der Waals surface area contributed by atoms with Crippen molar-refractivity contribution in [2.24, 2.45) is 11.8 Å². The minimum Gasteiger partial charge on any atom is -0.480 e. The van der Waals surface area contributed by atoms with Gasteiger partial charge in [0.15, 0.2) is 0 Å². The molecule has 0 aliphatic carbocycles. The van der Waals surface area contributed by atoms with Gasteiger partial charge in [0.1, 0.15) is 0 Å². The second-order valence-electron chi connectivity index (χ2n) is 6.29. The zero-order valence-corrected chi connectivity index (χ0v) is 12.4. The summed E-state index contributed by atoms with van der Waals surface area (Å²) in [5.41, 5.74) is 0. The summed E-state index contributed by atoms with van der Waals surface area (Å²) < 4.78 is 0. The number of likely N-dealkylation sites (tertiary alicyclic amines) is 1. The maximum absolute atomic E-state index is 12.5. The number of nitrogens with zero attached hydrogens (tertiary/aromatic N) is 3. The molecule has 2 heterocycles. The number of carbonyl (C=O) groups excluding carboxylic acids is 1. The molecule has 0 spiro atoms. The van der Waals surface area contributed by atoms with E-state index in [9.17, 15) is 9.59 Å². The fourth-order valence-electron chi connectivity index (χ4n) is 3.31. The Morgan fingerprint density at radius 3 is 2.05 bits per heavy atom. The predicted octanol–water partition coefficient (Wildman–Crippen LogP) is 0.787. The Bertz CT molecular complexity index is 357. The van der Waals surface area contributed by atoms with Gasteiger partial charge in [-0.2, -0.15) is 0 Å². The van der Waals surface area contributed by atoms with Gasteiger partial charge in [-0.1, -0.05) is 13.8 Å². The highest BCUT2D eigenvalue weighted by atomic mass is 16.4. The van der Waals surface area contributed by atoms with E-state index in [-0.39, 0.29) is 12.6 Å². The first-order chi connectivity index (χ1) is 9.45. The van der Waals surface area contributed by atoms with Crippen LogP contribution in [0.25, 0.3) is 0 Å². The van der Waals surface area contributed by atoms with Gasteiger partial charge >= 0.3 is 12.0 Å². The minimum atomic E-state index is -0.802. The Balaban J connectivity index is 1.83. The number of urea groups is 1. The van der Waals surface area contributed by atoms with Crippen LogP contribution in [0.5, 0.6) is 0 Å². The van der Waals surface area contributed by atoms with Crippen molar-refractivity contribution in [2.45, 2.75) is 20.3 Å². The third-order valence-electron chi connectivity index (χ3n) is 4.14. The van der Waals surface area contributed by atoms with Gasteiger partial charge in [-0.15, -0.1) is 0 Å². The first-order valence-corrected chi connectivity index (χ1v) is 7.43. The van der Waals surface area contributed by atoms with Crippen molar-refractivity contribution in [1.82, 2.24) is 14.7 Å². The number of piperazine rings is 1. The normalized spacial score (nSPS) is 28.5. The van der Waals surface area contributed by atoms with Crippen LogP contribution in [0.1, 0.15) is 20.3 Å². The zero-order valence-electron chi connectivity index (χ0n) is 12.4. The lowest BCUT2D eigenvalue weighted by molar-refractivity contribution is -0.138. The van der Waals surface area contributed by atoms with E-state index >= 15 is 0 Å². The van der Waals surface area contributed by atoms with Crippen LogP contribution < -0.4 is 0 Å². The maximum atomic E-state index is 12.5. The number of carbonyl (C=O) groups is 2. The summed E-state index contributed by atoms with van der Waals surface area (Å²) in [6, 6.07) is 0.123. The molecule has 2 rings (SSSR count). The Labute approximate surface area is 120 Å². The lowest BCUT2D eigenvalue weighted by Gasteiger charge is -2.41. The van der Waals surface area contributed by atoms with E-state index in [1.807, 2.05) is 14.7 Å². The van der Waals surface area contributed by atoms with Crippen molar-refractivity contribution in [3.05, 3.63) is 0 Å². The second-order valence-corrected chi connectivity index (χ2v) is 6.29. The van der Waals surface area contributed by atoms with Crippen LogP contribution in [0, 0.1) is 11.8 Å². The quantitative estimate of drug-likeness (QED) is 0.813. The molecule has 6 heteroatoms. The lowest BCUT2D eigenvalue weighted by atomic mass is 9.92. The molecular weight excluding hydrogens is 258 g/mol. The van der Waals surface area contributed by atoms with Gasteiger partial charge in [0, 0.05) is 39.3 Å². The fourth-order valence-corrected chi connectivity index (χ4v) is 3.31. The lowest BCUT2D eigenvalue weighted by Crippen LogP contribution is -2.55. The van der Waals surface area contributed by atoms with E-state index in [0.29, 0.717) is 38.0 Å². The van der Waals surface area contributed by atoms with Gasteiger partial charge in [0.2, 0.25) is 0 Å². The highest BCUT2D eigenvalue weighted by molar-refractivity contribution is 5.75. The van der Waals surface area contributed by atoms with Gasteiger partial charge < -0.3 is 14.9 Å². The maximum Gasteiger partial charge on any atom is 0.320 e. The van der Waals surface area contributed by atoms with Crippen LogP contribution in [0.3, 0.4) is 0 Å². The van der Waals surface area contributed by atoms with E-state index in [1.54, 1.807) is 0 Å². The highest BCUT2D eigenvalue weighted by Crippen LogP contribution is 2.22. The summed E-state index contributed by atoms with van der Waals surface area (Å²) in [5.74, 6) is 0.329. The number of rotatable bonds is 2. The average Bonchev–Trinajstić information content (AvgIpc) is 2.37. The summed E-state index contributed by atoms with van der Waals surface area (Å²) >= 11 is 0. The molecule has 0 bridgehead atoms. The van der Waals surface area contributed by atoms with Gasteiger partial charge in [0.25, 0.3) is 0 Å². The molecule has 2 fully saturated rings. The zero-order chi connectivity index (χ0) is 14.7. The smallest absolute Gasteiger partial charge is 0.320 e. The molecule has 20 heavy (non-hydrogen) atoms. The van der Waals surface area contributed by atoms with E-state index in [0.717, 1.165) is 13.1 Å². The first kappa shape index (κ1) is 15.1. The standard InChI is InChI=1S/C14H25N3O3/c1-11-7-12(2)9-17(8-11)14(20)16-5-3-15(4-6-16)10-13(18)19/h11-12H,3-10H2,1-2H3,(H,18,19). The molecule has 2 aliphatic rings. The van der Waals surface area contributed by atoms with Crippen molar-refractivity contribution >= 4 is 12.0 Å². The topological polar surface area (TPSA) is 64.1 Å². The van der Waals surface area contributed by atoms with Crippen LogP contribution in [0.4, 0.5) is 4.79 Å². The number of carboxylic acid groups (broad SMARTS) is 1. The van der Waals surface area contributed by atoms with Gasteiger partial charge in [-0.05, 0) is 18.3 Å². The Morgan fingerprint density at radius 1 is 1.00 bits per heavy atom. The van der Waals surface area contributed by atoms with Gasteiger partial charge in [0.05, 0.1) is 6.54 Å². The molecule has 2 atom stereocenters. The number of carboxylic acids is 1. The molecule has 2 aliphatic heterocycles. The number of hydrogen-bond donors (Lipinski definition) is 1. The molecule has 0 aromatic heterocycles. The number of amides is 2. The molecule has 0 saturated carbocycles. The SMILES string of the molecule is CC1CC(C)CN(C(=O)N2CCN(CC(=O)O)CC2)C1. The third kappa shape index (κ3) is 3.85. The molecular formula is C14H25N3O3. The van der Waals surface area contributed by atoms with Crippen molar-refractivity contribution in [3.8, 4) is 0 Å². The fraction of sp³-hybridized carbons (Fsp3) is 0.857. The van der Waals surface area contributed by atoms with Gasteiger partial charge in [-0.3, -0.25) is 9.69 Å². The van der Waals surface area contributed by atoms with Crippen molar-refractivity contribution in [2.75, 3.05) is 45.8 Å². The van der Waals surface area contributed by atoms with Crippen LogP contribution in [0.2, 0.25) is 0 Å². The van der Waals surface area contributed by atoms with Crippen molar-refractivity contribution in [1.29, 1.82) is 0 Å². The molecule has 0 radical (unpaired) electrons. The number of aliphatic carboxylic acids is 1. The average molecular weight is 283 g/mol. The van der Waals surface area contributed by atoms with Crippen molar-refractivity contribution in [3.63, 3.8) is 0 Å². The van der Waals surface area contributed by atoms with E-state index < -0.39 is 5.97 Å². The van der Waals surface area contributed by atoms with E-state index in [1.165, 1.54) is 6.42 Å². The molecule has 2 amide bonds. The number of piperidine rings is 1. The molecule has 2 saturated heterocycles. The van der Waals surface area contributed by atoms with Crippen molar-refractivity contribution < 1.29 is 14.7 Å². The number of hydrogen-bond acceptors (Lipinski definition) is 3. The molecule has 114 valence electrons. The molecule has 0 aromatic rings. The Morgan fingerprint density at radius 2 is 1.55 bits per heavy atom. The largest absolute Gasteiger partial charge is 0.480 e. The highest BCUT2D eigenvalue weighted by Gasteiger charge is 2.30. The Kier molecular flexibility index (Phi) is 4.86. The summed E-state index contributed by atoms with van der Waals surface area (Å²) in [6.07, 6.45) is 1.19. The molecule has 2 unspecified atom stereocenters. The molecule has 0 aromatic carbocycles. The van der Waals surface area contributed by atoms with E-state index in [2.05, 4.69) is 13.8 Å². The minimum absolute atomic E-state index is 0.0693. The first-order valence-electron chi connectivity index (χ1n) is 7.43. The molecule has 6 nitrogen and oxygen atoms in total. The summed E-state index contributed by atoms with van der Waals surface area (Å²) in [4.78, 5) is 28.9. The van der Waals surface area contributed by atoms with E-state index in [4.69, 9.17) is 5.11 Å². The summed E-state index contributed by atoms with van der Waals surface area (Å²) in [6.45, 7) is 8.71. The Hall–Kier alpha value is -1.30. The van der Waals surface area contributed by atoms with Crippen LogP contribution >= 0.6 is 0 Å². The van der Waals surface area contributed by atoms with Crippen LogP contribution in [0.15, 0.2) is 0 Å². The summed E-state index contributed by atoms with van der Waals surface area (Å²) in [7, 11) is 0. The second kappa shape index (κ2) is 6.43. The van der Waals surface area contributed by atoms with Crippen LogP contribution in [-0.4, -0.2) is 77.6 Å².